The molecule has 1 rings (SSSR count). The van der Waals surface area contributed by atoms with E-state index in [-0.39, 0.29) is 0 Å². The number of ether oxygens (including phenoxy) is 2. The molecule has 0 radical (unpaired) electrons. The minimum absolute atomic E-state index is 0.402. The Balaban J connectivity index is 2.79. The van der Waals surface area contributed by atoms with Crippen LogP contribution < -0.4 is 5.32 Å². The standard InChI is InChI=1S/C12H14BrNO3/c1-16-8-9-10(13)4-3-5-11(9)14-7-6-12(15)17-2/h3-7,14H,8H2,1-2H3/b7-6+. The lowest BCUT2D eigenvalue weighted by Crippen LogP contribution is -2.00. The first-order chi connectivity index (χ1) is 8.19. The van der Waals surface area contributed by atoms with Crippen LogP contribution in [0.15, 0.2) is 34.9 Å². The minimum atomic E-state index is -0.402. The second-order valence-corrected chi connectivity index (χ2v) is 4.05. The molecule has 0 saturated heterocycles. The van der Waals surface area contributed by atoms with Crippen LogP contribution in [0.1, 0.15) is 5.56 Å². The van der Waals surface area contributed by atoms with E-state index in [1.54, 1.807) is 7.11 Å². The molecule has 0 fully saturated rings. The molecule has 0 bridgehead atoms. The van der Waals surface area contributed by atoms with Crippen LogP contribution in [0.2, 0.25) is 0 Å². The molecule has 1 N–H and O–H groups in total. The summed E-state index contributed by atoms with van der Waals surface area (Å²) >= 11 is 3.45. The summed E-state index contributed by atoms with van der Waals surface area (Å²) < 4.78 is 10.6. The highest BCUT2D eigenvalue weighted by atomic mass is 79.9. The molecule has 0 spiro atoms. The van der Waals surface area contributed by atoms with E-state index in [0.717, 1.165) is 15.7 Å². The second kappa shape index (κ2) is 7.09. The normalized spacial score (nSPS) is 10.5. The highest BCUT2D eigenvalue weighted by Gasteiger charge is 2.04. The van der Waals surface area contributed by atoms with Crippen LogP contribution in [0.5, 0.6) is 0 Å². The Morgan fingerprint density at radius 1 is 1.47 bits per heavy atom. The van der Waals surface area contributed by atoms with Gasteiger partial charge in [0.25, 0.3) is 0 Å². The van der Waals surface area contributed by atoms with E-state index >= 15 is 0 Å². The van der Waals surface area contributed by atoms with E-state index in [1.807, 2.05) is 18.2 Å². The van der Waals surface area contributed by atoms with Gasteiger partial charge in [0, 0.05) is 35.1 Å². The van der Waals surface area contributed by atoms with Gasteiger partial charge < -0.3 is 14.8 Å². The molecule has 0 saturated carbocycles. The maximum absolute atomic E-state index is 10.9. The van der Waals surface area contributed by atoms with Gasteiger partial charge in [-0.15, -0.1) is 0 Å². The van der Waals surface area contributed by atoms with Crippen molar-refractivity contribution >= 4 is 27.6 Å². The molecule has 4 nitrogen and oxygen atoms in total. The first kappa shape index (κ1) is 13.7. The van der Waals surface area contributed by atoms with Crippen molar-refractivity contribution in [3.63, 3.8) is 0 Å². The summed E-state index contributed by atoms with van der Waals surface area (Å²) in [6, 6.07) is 5.74. The molecular formula is C12H14BrNO3. The Hall–Kier alpha value is -1.33. The lowest BCUT2D eigenvalue weighted by Gasteiger charge is -2.10. The third-order valence-corrected chi connectivity index (χ3v) is 2.81. The molecule has 0 aliphatic carbocycles. The SMILES string of the molecule is COCc1c(Br)cccc1N/C=C/C(=O)OC. The zero-order chi connectivity index (χ0) is 12.7. The molecule has 0 aliphatic rings. The largest absolute Gasteiger partial charge is 0.466 e. The molecule has 0 aromatic heterocycles. The third-order valence-electron chi connectivity index (χ3n) is 2.07. The Kier molecular flexibility index (Phi) is 5.72. The van der Waals surface area contributed by atoms with Crippen LogP contribution in [-0.2, 0) is 20.9 Å². The summed E-state index contributed by atoms with van der Waals surface area (Å²) in [5.41, 5.74) is 1.87. The molecule has 92 valence electrons. The van der Waals surface area contributed by atoms with Gasteiger partial charge in [0.15, 0.2) is 0 Å². The zero-order valence-electron chi connectivity index (χ0n) is 9.70. The fourth-order valence-corrected chi connectivity index (χ4v) is 1.73. The van der Waals surface area contributed by atoms with Crippen LogP contribution in [-0.4, -0.2) is 20.2 Å². The molecule has 0 amide bonds. The highest BCUT2D eigenvalue weighted by molar-refractivity contribution is 9.10. The van der Waals surface area contributed by atoms with Crippen molar-refractivity contribution < 1.29 is 14.3 Å². The summed E-state index contributed by atoms with van der Waals surface area (Å²) in [6.45, 7) is 0.482. The summed E-state index contributed by atoms with van der Waals surface area (Å²) in [4.78, 5) is 10.9. The molecule has 1 aromatic carbocycles. The number of hydrogen-bond donors (Lipinski definition) is 1. The van der Waals surface area contributed by atoms with Crippen LogP contribution in [0.3, 0.4) is 0 Å². The van der Waals surface area contributed by atoms with Crippen molar-refractivity contribution in [3.8, 4) is 0 Å². The summed E-state index contributed by atoms with van der Waals surface area (Å²) in [5.74, 6) is -0.402. The van der Waals surface area contributed by atoms with E-state index in [9.17, 15) is 4.79 Å². The average Bonchev–Trinajstić information content (AvgIpc) is 2.33. The van der Waals surface area contributed by atoms with Crippen molar-refractivity contribution in [1.82, 2.24) is 0 Å². The van der Waals surface area contributed by atoms with Crippen LogP contribution in [0.4, 0.5) is 5.69 Å². The predicted octanol–water partition coefficient (Wildman–Crippen LogP) is 2.69. The molecular weight excluding hydrogens is 286 g/mol. The smallest absolute Gasteiger partial charge is 0.331 e. The number of benzene rings is 1. The van der Waals surface area contributed by atoms with E-state index in [1.165, 1.54) is 19.4 Å². The van der Waals surface area contributed by atoms with Gasteiger partial charge in [-0.2, -0.15) is 0 Å². The number of carbonyl (C=O) groups excluding carboxylic acids is 1. The molecule has 17 heavy (non-hydrogen) atoms. The molecule has 1 aromatic rings. The van der Waals surface area contributed by atoms with E-state index < -0.39 is 5.97 Å². The van der Waals surface area contributed by atoms with Crippen molar-refractivity contribution in [3.05, 3.63) is 40.5 Å². The fraction of sp³-hybridized carbons (Fsp3) is 0.250. The topological polar surface area (TPSA) is 47.6 Å². The number of esters is 1. The highest BCUT2D eigenvalue weighted by Crippen LogP contribution is 2.25. The Labute approximate surface area is 109 Å². The van der Waals surface area contributed by atoms with E-state index in [4.69, 9.17) is 4.74 Å². The van der Waals surface area contributed by atoms with Crippen molar-refractivity contribution in [1.29, 1.82) is 0 Å². The van der Waals surface area contributed by atoms with E-state index in [0.29, 0.717) is 6.61 Å². The number of rotatable bonds is 5. The minimum Gasteiger partial charge on any atom is -0.466 e. The lowest BCUT2D eigenvalue weighted by molar-refractivity contribution is -0.134. The van der Waals surface area contributed by atoms with Crippen molar-refractivity contribution in [2.24, 2.45) is 0 Å². The molecule has 0 heterocycles. The first-order valence-electron chi connectivity index (χ1n) is 4.96. The Bertz CT molecular complexity index is 418. The molecule has 0 aliphatic heterocycles. The maximum Gasteiger partial charge on any atom is 0.331 e. The molecule has 0 unspecified atom stereocenters. The quantitative estimate of drug-likeness (QED) is 0.671. The third kappa shape index (κ3) is 4.20. The lowest BCUT2D eigenvalue weighted by atomic mass is 10.2. The maximum atomic E-state index is 10.9. The first-order valence-corrected chi connectivity index (χ1v) is 5.75. The Morgan fingerprint density at radius 3 is 2.88 bits per heavy atom. The van der Waals surface area contributed by atoms with Gasteiger partial charge in [0.1, 0.15) is 0 Å². The van der Waals surface area contributed by atoms with E-state index in [2.05, 4.69) is 26.0 Å². The predicted molar refractivity (Wildman–Crippen MR) is 69.6 cm³/mol. The van der Waals surface area contributed by atoms with Crippen LogP contribution in [0, 0.1) is 0 Å². The van der Waals surface area contributed by atoms with Gasteiger partial charge in [-0.1, -0.05) is 22.0 Å². The monoisotopic (exact) mass is 299 g/mol. The van der Waals surface area contributed by atoms with Gasteiger partial charge in [-0.25, -0.2) is 4.79 Å². The zero-order valence-corrected chi connectivity index (χ0v) is 11.3. The van der Waals surface area contributed by atoms with Crippen LogP contribution in [0.25, 0.3) is 0 Å². The number of hydrogen-bond acceptors (Lipinski definition) is 4. The van der Waals surface area contributed by atoms with Gasteiger partial charge >= 0.3 is 5.97 Å². The Morgan fingerprint density at radius 2 is 2.24 bits per heavy atom. The van der Waals surface area contributed by atoms with Gasteiger partial charge in [-0.05, 0) is 12.1 Å². The summed E-state index contributed by atoms with van der Waals surface area (Å²) in [6.07, 6.45) is 2.85. The van der Waals surface area contributed by atoms with Crippen molar-refractivity contribution in [2.45, 2.75) is 6.61 Å². The number of halogens is 1. The fourth-order valence-electron chi connectivity index (χ4n) is 1.25. The number of nitrogens with one attached hydrogen (secondary N) is 1. The number of anilines is 1. The number of methoxy groups -OCH3 is 2. The summed E-state index contributed by atoms with van der Waals surface area (Å²) in [7, 11) is 2.97. The average molecular weight is 300 g/mol. The molecule has 5 heteroatoms. The van der Waals surface area contributed by atoms with Gasteiger partial charge in [0.05, 0.1) is 13.7 Å². The number of carbonyl (C=O) groups is 1. The van der Waals surface area contributed by atoms with Crippen LogP contribution >= 0.6 is 15.9 Å². The van der Waals surface area contributed by atoms with Crippen molar-refractivity contribution in [2.75, 3.05) is 19.5 Å². The van der Waals surface area contributed by atoms with Gasteiger partial charge in [0.2, 0.25) is 0 Å². The second-order valence-electron chi connectivity index (χ2n) is 3.20. The van der Waals surface area contributed by atoms with Gasteiger partial charge in [-0.3, -0.25) is 0 Å². The summed E-state index contributed by atoms with van der Waals surface area (Å²) in [5, 5.41) is 3.01. The molecule has 0 atom stereocenters.